The van der Waals surface area contributed by atoms with Crippen LogP contribution in [0.5, 0.6) is 0 Å². The second-order valence-corrected chi connectivity index (χ2v) is 12.3. The SMILES string of the molecule is CC(C)CCC[C@@H](C)[C@H]1CC[C@H]2[C@@H]3C[C@@H](CCF)C4=C(CC[C@H](O)C4)[C@H]3CC[C@]12C. The average Bonchev–Trinajstić information content (AvgIpc) is 3.05. The summed E-state index contributed by atoms with van der Waals surface area (Å²) in [6.07, 6.45) is 14.3. The lowest BCUT2D eigenvalue weighted by molar-refractivity contribution is -0.0130. The molecule has 0 amide bonds. The molecule has 0 bridgehead atoms. The number of fused-ring (bicyclic) bond motifs is 4. The third kappa shape index (κ3) is 4.16. The second kappa shape index (κ2) is 9.24. The Hall–Kier alpha value is -0.370. The topological polar surface area (TPSA) is 20.2 Å². The van der Waals surface area contributed by atoms with E-state index in [-0.39, 0.29) is 12.8 Å². The molecule has 0 aromatic heterocycles. The first-order valence-electron chi connectivity index (χ1n) is 13.3. The Balaban J connectivity index is 1.52. The lowest BCUT2D eigenvalue weighted by atomic mass is 9.50. The molecule has 0 saturated heterocycles. The highest BCUT2D eigenvalue weighted by molar-refractivity contribution is 5.29. The molecule has 30 heavy (non-hydrogen) atoms. The van der Waals surface area contributed by atoms with Gasteiger partial charge < -0.3 is 5.11 Å². The summed E-state index contributed by atoms with van der Waals surface area (Å²) in [5, 5.41) is 10.3. The first kappa shape index (κ1) is 22.8. The highest BCUT2D eigenvalue weighted by Crippen LogP contribution is 2.65. The van der Waals surface area contributed by atoms with Gasteiger partial charge in [-0.25, -0.2) is 0 Å². The molecule has 0 aliphatic heterocycles. The largest absolute Gasteiger partial charge is 0.393 e. The lowest BCUT2D eigenvalue weighted by Gasteiger charge is -2.54. The Morgan fingerprint density at radius 3 is 2.60 bits per heavy atom. The highest BCUT2D eigenvalue weighted by Gasteiger charge is 2.56. The molecule has 4 rings (SSSR count). The van der Waals surface area contributed by atoms with Crippen LogP contribution >= 0.6 is 0 Å². The zero-order valence-corrected chi connectivity index (χ0v) is 20.1. The van der Waals surface area contributed by atoms with E-state index in [0.717, 1.165) is 54.8 Å². The molecule has 4 aliphatic carbocycles. The van der Waals surface area contributed by atoms with Gasteiger partial charge in [0.1, 0.15) is 0 Å². The van der Waals surface area contributed by atoms with Crippen molar-refractivity contribution >= 4 is 0 Å². The number of aliphatic hydroxyl groups is 1. The normalized spacial score (nSPS) is 42.1. The second-order valence-electron chi connectivity index (χ2n) is 12.3. The van der Waals surface area contributed by atoms with E-state index in [1.165, 1.54) is 56.9 Å². The van der Waals surface area contributed by atoms with Gasteiger partial charge in [-0.2, -0.15) is 0 Å². The number of halogens is 1. The van der Waals surface area contributed by atoms with Gasteiger partial charge in [-0.15, -0.1) is 0 Å². The van der Waals surface area contributed by atoms with Gasteiger partial charge in [0.2, 0.25) is 0 Å². The molecule has 8 atom stereocenters. The Labute approximate surface area is 185 Å². The molecular formula is C28H47FO. The van der Waals surface area contributed by atoms with Crippen LogP contribution < -0.4 is 0 Å². The molecule has 0 heterocycles. The molecule has 2 saturated carbocycles. The summed E-state index contributed by atoms with van der Waals surface area (Å²) in [7, 11) is 0. The van der Waals surface area contributed by atoms with Crippen LogP contribution in [-0.2, 0) is 0 Å². The van der Waals surface area contributed by atoms with Crippen LogP contribution in [0.4, 0.5) is 4.39 Å². The predicted octanol–water partition coefficient (Wildman–Crippen LogP) is 7.73. The maximum absolute atomic E-state index is 13.5. The van der Waals surface area contributed by atoms with Gasteiger partial charge in [0.25, 0.3) is 0 Å². The number of hydrogen-bond acceptors (Lipinski definition) is 1. The van der Waals surface area contributed by atoms with Crippen molar-refractivity contribution in [2.45, 2.75) is 111 Å². The number of allylic oxidation sites excluding steroid dienone is 1. The molecule has 172 valence electrons. The maximum atomic E-state index is 13.5. The standard InChI is InChI=1S/C28H47FO/c1-18(2)6-5-7-19(3)26-10-11-27-25-16-20(13-15-29)24-17-21(30)8-9-22(24)23(25)12-14-28(26,27)4/h18-21,23,25-27,30H,5-17H2,1-4H3/t19-,20-,21+,23-,25-,26-,27+,28-/m1/s1. The van der Waals surface area contributed by atoms with Gasteiger partial charge in [-0.05, 0) is 105 Å². The summed E-state index contributed by atoms with van der Waals surface area (Å²) in [5.41, 5.74) is 3.68. The van der Waals surface area contributed by atoms with Crippen LogP contribution in [0.2, 0.25) is 0 Å². The van der Waals surface area contributed by atoms with Crippen LogP contribution in [0.15, 0.2) is 11.1 Å². The zero-order chi connectivity index (χ0) is 21.5. The van der Waals surface area contributed by atoms with E-state index >= 15 is 0 Å². The van der Waals surface area contributed by atoms with E-state index in [2.05, 4.69) is 27.7 Å². The number of alkyl halides is 1. The van der Waals surface area contributed by atoms with E-state index in [1.54, 1.807) is 5.57 Å². The molecule has 0 radical (unpaired) electrons. The molecular weight excluding hydrogens is 371 g/mol. The van der Waals surface area contributed by atoms with Crippen molar-refractivity contribution < 1.29 is 9.50 Å². The molecule has 1 nitrogen and oxygen atoms in total. The highest BCUT2D eigenvalue weighted by atomic mass is 19.1. The van der Waals surface area contributed by atoms with Gasteiger partial charge in [-0.3, -0.25) is 4.39 Å². The van der Waals surface area contributed by atoms with E-state index in [0.29, 0.717) is 17.8 Å². The molecule has 0 unspecified atom stereocenters. The fourth-order valence-electron chi connectivity index (χ4n) is 8.79. The van der Waals surface area contributed by atoms with Crippen molar-refractivity contribution in [3.05, 3.63) is 11.1 Å². The van der Waals surface area contributed by atoms with Crippen molar-refractivity contribution in [1.29, 1.82) is 0 Å². The average molecular weight is 419 g/mol. The maximum Gasteiger partial charge on any atom is 0.0900 e. The predicted molar refractivity (Wildman–Crippen MR) is 124 cm³/mol. The van der Waals surface area contributed by atoms with Crippen molar-refractivity contribution in [2.75, 3.05) is 6.67 Å². The Kier molecular flexibility index (Phi) is 7.03. The van der Waals surface area contributed by atoms with E-state index in [4.69, 9.17) is 0 Å². The summed E-state index contributed by atoms with van der Waals surface area (Å²) in [4.78, 5) is 0. The van der Waals surface area contributed by atoms with Crippen LogP contribution in [0, 0.1) is 46.8 Å². The summed E-state index contributed by atoms with van der Waals surface area (Å²) in [5.74, 6) is 5.34. The number of hydrogen-bond donors (Lipinski definition) is 1. The van der Waals surface area contributed by atoms with Gasteiger partial charge in [0.15, 0.2) is 0 Å². The fraction of sp³-hybridized carbons (Fsp3) is 0.929. The van der Waals surface area contributed by atoms with Crippen molar-refractivity contribution in [1.82, 2.24) is 0 Å². The van der Waals surface area contributed by atoms with Gasteiger partial charge in [0.05, 0.1) is 12.8 Å². The van der Waals surface area contributed by atoms with Gasteiger partial charge in [0, 0.05) is 0 Å². The monoisotopic (exact) mass is 418 g/mol. The van der Waals surface area contributed by atoms with E-state index in [1.807, 2.05) is 0 Å². The summed E-state index contributed by atoms with van der Waals surface area (Å²) in [6, 6.07) is 0. The summed E-state index contributed by atoms with van der Waals surface area (Å²) < 4.78 is 13.5. The van der Waals surface area contributed by atoms with E-state index < -0.39 is 0 Å². The van der Waals surface area contributed by atoms with Crippen LogP contribution in [-0.4, -0.2) is 17.9 Å². The first-order valence-corrected chi connectivity index (χ1v) is 13.3. The molecule has 4 aliphatic rings. The Bertz CT molecular complexity index is 624. The zero-order valence-electron chi connectivity index (χ0n) is 20.1. The molecule has 0 aromatic carbocycles. The summed E-state index contributed by atoms with van der Waals surface area (Å²) in [6.45, 7) is 9.68. The van der Waals surface area contributed by atoms with Crippen LogP contribution in [0.1, 0.15) is 105 Å². The molecule has 2 fully saturated rings. The minimum atomic E-state index is -0.202. The minimum Gasteiger partial charge on any atom is -0.393 e. The molecule has 0 aromatic rings. The van der Waals surface area contributed by atoms with Crippen LogP contribution in [0.3, 0.4) is 0 Å². The minimum absolute atomic E-state index is 0.182. The van der Waals surface area contributed by atoms with E-state index in [9.17, 15) is 9.50 Å². The van der Waals surface area contributed by atoms with Crippen LogP contribution in [0.25, 0.3) is 0 Å². The number of rotatable bonds is 7. The molecule has 0 spiro atoms. The third-order valence-corrected chi connectivity index (χ3v) is 10.2. The molecule has 2 heteroatoms. The lowest BCUT2D eigenvalue weighted by Crippen LogP contribution is -2.46. The first-order chi connectivity index (χ1) is 14.3. The number of aliphatic hydroxyl groups excluding tert-OH is 1. The van der Waals surface area contributed by atoms with Gasteiger partial charge in [-0.1, -0.05) is 58.1 Å². The molecule has 1 N–H and O–H groups in total. The van der Waals surface area contributed by atoms with Crippen molar-refractivity contribution in [2.24, 2.45) is 46.8 Å². The smallest absolute Gasteiger partial charge is 0.0900 e. The Morgan fingerprint density at radius 1 is 1.07 bits per heavy atom. The fourth-order valence-corrected chi connectivity index (χ4v) is 8.79. The summed E-state index contributed by atoms with van der Waals surface area (Å²) >= 11 is 0. The quantitative estimate of drug-likeness (QED) is 0.419. The Morgan fingerprint density at radius 2 is 1.87 bits per heavy atom. The van der Waals surface area contributed by atoms with Gasteiger partial charge >= 0.3 is 0 Å². The van der Waals surface area contributed by atoms with Crippen molar-refractivity contribution in [3.8, 4) is 0 Å². The third-order valence-electron chi connectivity index (χ3n) is 10.2. The van der Waals surface area contributed by atoms with Crippen molar-refractivity contribution in [3.63, 3.8) is 0 Å².